The summed E-state index contributed by atoms with van der Waals surface area (Å²) in [6, 6.07) is 24.1. The molecule has 0 radical (unpaired) electrons. The summed E-state index contributed by atoms with van der Waals surface area (Å²) in [6.45, 7) is 10.3. The number of aromatic nitrogens is 2. The Labute approximate surface area is 330 Å². The first-order valence-electron chi connectivity index (χ1n) is 18.0. The van der Waals surface area contributed by atoms with Crippen LogP contribution >= 0.6 is 31.9 Å². The van der Waals surface area contributed by atoms with Crippen molar-refractivity contribution in [1.82, 2.24) is 18.9 Å². The van der Waals surface area contributed by atoms with Gasteiger partial charge in [-0.25, -0.2) is 4.79 Å². The van der Waals surface area contributed by atoms with E-state index >= 15 is 0 Å². The van der Waals surface area contributed by atoms with Gasteiger partial charge in [-0.1, -0.05) is 50.1 Å². The van der Waals surface area contributed by atoms with Crippen LogP contribution in [0, 0.1) is 0 Å². The molecule has 0 atom stereocenters. The first-order chi connectivity index (χ1) is 25.9. The van der Waals surface area contributed by atoms with E-state index in [0.717, 1.165) is 80.8 Å². The van der Waals surface area contributed by atoms with Crippen LogP contribution in [-0.2, 0) is 29.2 Å². The van der Waals surface area contributed by atoms with Gasteiger partial charge in [0.1, 0.15) is 25.1 Å². The van der Waals surface area contributed by atoms with Crippen molar-refractivity contribution in [3.05, 3.63) is 114 Å². The molecular formula is C41H44Br2N4O7. The lowest BCUT2D eigenvalue weighted by Gasteiger charge is -2.39. The number of benzene rings is 3. The number of carbonyl (C=O) groups excluding carboxylic acids is 2. The van der Waals surface area contributed by atoms with E-state index in [4.69, 9.17) is 14.2 Å². The van der Waals surface area contributed by atoms with Gasteiger partial charge in [0.2, 0.25) is 0 Å². The summed E-state index contributed by atoms with van der Waals surface area (Å²) in [5.74, 6) is 1.45. The minimum Gasteiger partial charge on any atom is -0.486 e. The number of aldehydes is 1. The number of ether oxygens (including phenoxy) is 3. The quantitative estimate of drug-likeness (QED) is 0.149. The van der Waals surface area contributed by atoms with E-state index in [2.05, 4.69) is 36.8 Å². The Balaban J connectivity index is 0.000000276. The van der Waals surface area contributed by atoms with Crippen LogP contribution in [-0.4, -0.2) is 75.8 Å². The van der Waals surface area contributed by atoms with Gasteiger partial charge in [-0.05, 0) is 87.7 Å². The maximum Gasteiger partial charge on any atom is 0.410 e. The summed E-state index contributed by atoms with van der Waals surface area (Å²) in [6.07, 6.45) is 2.09. The van der Waals surface area contributed by atoms with Crippen molar-refractivity contribution < 1.29 is 23.8 Å². The van der Waals surface area contributed by atoms with Crippen molar-refractivity contribution in [1.29, 1.82) is 0 Å². The predicted octanol–water partition coefficient (Wildman–Crippen LogP) is 7.40. The maximum absolute atomic E-state index is 13.3. The minimum absolute atomic E-state index is 0.00557. The molecule has 0 aliphatic carbocycles. The third-order valence-corrected chi connectivity index (χ3v) is 10.8. The standard InChI is InChI=1S/C30H36BrN3O5.C11H8BrNO2/c1-30(2,3)39-29(36)34(20-21-7-9-26-27(19-21)38-18-17-37-26)22-11-13-32(14-12-22)15-16-33-25-6-4-5-24(31)23(25)8-10-28(33)35;12-9-2-1-3-10-8(9)4-5-11(15)13(10)6-7-14/h4-10,19,22H,11-18,20H2,1-3H3;1-5,7H,6H2. The van der Waals surface area contributed by atoms with Gasteiger partial charge in [0.15, 0.2) is 11.5 Å². The molecular weight excluding hydrogens is 820 g/mol. The number of hydrogen-bond donors (Lipinski definition) is 0. The van der Waals surface area contributed by atoms with Gasteiger partial charge in [0.05, 0.1) is 17.6 Å². The van der Waals surface area contributed by atoms with Gasteiger partial charge < -0.3 is 37.9 Å². The number of fused-ring (bicyclic) bond motifs is 3. The summed E-state index contributed by atoms with van der Waals surface area (Å²) >= 11 is 7.00. The average Bonchev–Trinajstić information content (AvgIpc) is 3.14. The van der Waals surface area contributed by atoms with Gasteiger partial charge >= 0.3 is 6.09 Å². The van der Waals surface area contributed by atoms with Gasteiger partial charge in [0.25, 0.3) is 11.1 Å². The van der Waals surface area contributed by atoms with Crippen LogP contribution in [0.3, 0.4) is 0 Å². The summed E-state index contributed by atoms with van der Waals surface area (Å²) in [5, 5.41) is 1.96. The van der Waals surface area contributed by atoms with Crippen LogP contribution in [0.2, 0.25) is 0 Å². The van der Waals surface area contributed by atoms with Gasteiger partial charge in [-0.3, -0.25) is 9.59 Å². The zero-order valence-electron chi connectivity index (χ0n) is 30.6. The average molecular weight is 865 g/mol. The number of amides is 1. The SMILES string of the molecule is CC(C)(C)OC(=O)N(Cc1ccc2c(c1)OCCO2)C1CCN(CCn2c(=O)ccc3c(Br)cccc32)CC1.O=CCn1c(=O)ccc2c(Br)cccc21. The van der Waals surface area contributed by atoms with Crippen molar-refractivity contribution in [3.63, 3.8) is 0 Å². The Kier molecular flexibility index (Phi) is 12.6. The normalized spacial score (nSPS) is 14.7. The van der Waals surface area contributed by atoms with Crippen LogP contribution in [0.25, 0.3) is 21.8 Å². The molecule has 7 rings (SSSR count). The van der Waals surface area contributed by atoms with Crippen molar-refractivity contribution >= 4 is 66.0 Å². The number of pyridine rings is 2. The number of hydrogen-bond acceptors (Lipinski definition) is 8. The number of piperidine rings is 1. The van der Waals surface area contributed by atoms with E-state index in [-0.39, 0.29) is 29.8 Å². The first kappa shape index (κ1) is 39.2. The summed E-state index contributed by atoms with van der Waals surface area (Å²) in [7, 11) is 0. The van der Waals surface area contributed by atoms with E-state index < -0.39 is 5.60 Å². The van der Waals surface area contributed by atoms with Gasteiger partial charge in [-0.2, -0.15) is 0 Å². The molecule has 0 spiro atoms. The highest BCUT2D eigenvalue weighted by Crippen LogP contribution is 2.32. The molecule has 0 unspecified atom stereocenters. The maximum atomic E-state index is 13.3. The molecule has 0 saturated carbocycles. The molecule has 1 saturated heterocycles. The van der Waals surface area contributed by atoms with Crippen LogP contribution in [0.15, 0.2) is 97.4 Å². The van der Waals surface area contributed by atoms with E-state index in [9.17, 15) is 19.2 Å². The third-order valence-electron chi connectivity index (χ3n) is 9.44. The van der Waals surface area contributed by atoms with E-state index in [1.165, 1.54) is 10.6 Å². The van der Waals surface area contributed by atoms with Crippen molar-refractivity contribution in [2.24, 2.45) is 0 Å². The largest absolute Gasteiger partial charge is 0.486 e. The van der Waals surface area contributed by atoms with Crippen molar-refractivity contribution in [3.8, 4) is 11.5 Å². The summed E-state index contributed by atoms with van der Waals surface area (Å²) < 4.78 is 22.4. The molecule has 54 heavy (non-hydrogen) atoms. The number of rotatable bonds is 8. The zero-order chi connectivity index (χ0) is 38.4. The third kappa shape index (κ3) is 9.42. The Hall–Kier alpha value is -4.46. The Morgan fingerprint density at radius 2 is 1.41 bits per heavy atom. The molecule has 13 heteroatoms. The zero-order valence-corrected chi connectivity index (χ0v) is 33.8. The highest BCUT2D eigenvalue weighted by molar-refractivity contribution is 9.11. The molecule has 0 N–H and O–H groups in total. The lowest BCUT2D eigenvalue weighted by molar-refractivity contribution is -0.108. The van der Waals surface area contributed by atoms with Crippen LogP contribution in [0.5, 0.6) is 11.5 Å². The van der Waals surface area contributed by atoms with Crippen LogP contribution in [0.1, 0.15) is 39.2 Å². The fraction of sp³-hybridized carbons (Fsp3) is 0.366. The lowest BCUT2D eigenvalue weighted by atomic mass is 10.0. The minimum atomic E-state index is -0.580. The lowest BCUT2D eigenvalue weighted by Crippen LogP contribution is -2.49. The molecule has 2 aliphatic heterocycles. The molecule has 1 fully saturated rings. The molecule has 5 aromatic rings. The van der Waals surface area contributed by atoms with E-state index in [0.29, 0.717) is 32.1 Å². The predicted molar refractivity (Wildman–Crippen MR) is 217 cm³/mol. The monoisotopic (exact) mass is 862 g/mol. The van der Waals surface area contributed by atoms with Gasteiger partial charge in [0, 0.05) is 70.6 Å². The Bertz CT molecular complexity index is 2260. The summed E-state index contributed by atoms with van der Waals surface area (Å²) in [4.78, 5) is 52.2. The smallest absolute Gasteiger partial charge is 0.410 e. The number of carbonyl (C=O) groups is 2. The van der Waals surface area contributed by atoms with Crippen molar-refractivity contribution in [2.45, 2.75) is 64.9 Å². The second-order valence-corrected chi connectivity index (χ2v) is 16.0. The highest BCUT2D eigenvalue weighted by Gasteiger charge is 2.31. The molecule has 0 bridgehead atoms. The first-order valence-corrected chi connectivity index (χ1v) is 19.6. The molecule has 1 amide bonds. The summed E-state index contributed by atoms with van der Waals surface area (Å²) in [5.41, 5.74) is 1.95. The Morgan fingerprint density at radius 1 is 0.815 bits per heavy atom. The van der Waals surface area contributed by atoms with E-state index in [1.807, 2.05) is 90.9 Å². The molecule has 4 heterocycles. The topological polar surface area (TPSA) is 112 Å². The van der Waals surface area contributed by atoms with Crippen molar-refractivity contribution in [2.75, 3.05) is 32.8 Å². The van der Waals surface area contributed by atoms with E-state index in [1.54, 1.807) is 12.1 Å². The van der Waals surface area contributed by atoms with Crippen LogP contribution < -0.4 is 20.6 Å². The Morgan fingerprint density at radius 3 is 2.02 bits per heavy atom. The fourth-order valence-electron chi connectivity index (χ4n) is 6.81. The molecule has 2 aliphatic rings. The highest BCUT2D eigenvalue weighted by atomic mass is 79.9. The molecule has 11 nitrogen and oxygen atoms in total. The fourth-order valence-corrected chi connectivity index (χ4v) is 7.79. The number of likely N-dealkylation sites (tertiary alicyclic amines) is 1. The number of halogens is 2. The second kappa shape index (κ2) is 17.3. The molecule has 284 valence electrons. The number of nitrogens with zero attached hydrogens (tertiary/aromatic N) is 4. The van der Waals surface area contributed by atoms with Gasteiger partial charge in [-0.15, -0.1) is 0 Å². The second-order valence-electron chi connectivity index (χ2n) is 14.3. The molecule has 2 aromatic heterocycles. The van der Waals surface area contributed by atoms with Crippen LogP contribution in [0.4, 0.5) is 4.79 Å². The molecule has 3 aromatic carbocycles.